The molecule has 25 heavy (non-hydrogen) atoms. The summed E-state index contributed by atoms with van der Waals surface area (Å²) in [7, 11) is 0. The number of aliphatic hydroxyl groups excluding tert-OH is 1. The van der Waals surface area contributed by atoms with Crippen molar-refractivity contribution >= 4 is 27.9 Å². The monoisotopic (exact) mass is 411 g/mol. The molecule has 3 rings (SSSR count). The predicted octanol–water partition coefficient (Wildman–Crippen LogP) is 2.43. The number of nitrogens with zero attached hydrogens (tertiary/aromatic N) is 2. The van der Waals surface area contributed by atoms with Crippen molar-refractivity contribution in [3.8, 4) is 0 Å². The minimum absolute atomic E-state index is 0.226. The lowest BCUT2D eigenvalue weighted by Crippen LogP contribution is -2.55. The molecule has 1 aromatic heterocycles. The van der Waals surface area contributed by atoms with E-state index in [-0.39, 0.29) is 18.3 Å². The van der Waals surface area contributed by atoms with E-state index in [2.05, 4.69) is 37.2 Å². The number of carbonyl (C=O) groups excluding carboxylic acids is 2. The number of piperidine rings is 1. The fourth-order valence-corrected chi connectivity index (χ4v) is 4.36. The standard InChI is InChI=1S/C17H26BrN3O.CO2/c1-12-9-14(18)17(19-10-12)21-8-7-15(16(22)11-21)20-13-5-3-2-4-6-13;2-1-3/h9-10,13,15-16,20,22H,2-8,11H2,1H3;/t15-,16-;/m1./s1. The second kappa shape index (κ2) is 10.0. The molecule has 7 heteroatoms. The first-order valence-electron chi connectivity index (χ1n) is 8.85. The zero-order valence-corrected chi connectivity index (χ0v) is 16.2. The van der Waals surface area contributed by atoms with E-state index in [0.717, 1.165) is 28.8 Å². The van der Waals surface area contributed by atoms with Crippen molar-refractivity contribution in [1.29, 1.82) is 0 Å². The largest absolute Gasteiger partial charge is 0.390 e. The molecule has 1 aromatic rings. The van der Waals surface area contributed by atoms with E-state index in [0.29, 0.717) is 12.6 Å². The van der Waals surface area contributed by atoms with Gasteiger partial charge in [0.05, 0.1) is 10.6 Å². The van der Waals surface area contributed by atoms with Gasteiger partial charge >= 0.3 is 6.15 Å². The van der Waals surface area contributed by atoms with Gasteiger partial charge in [-0.25, -0.2) is 4.98 Å². The van der Waals surface area contributed by atoms with Crippen LogP contribution in [0.3, 0.4) is 0 Å². The Morgan fingerprint density at radius 2 is 1.96 bits per heavy atom. The Hall–Kier alpha value is -1.27. The molecule has 1 saturated heterocycles. The Morgan fingerprint density at radius 3 is 2.56 bits per heavy atom. The first-order valence-corrected chi connectivity index (χ1v) is 9.65. The van der Waals surface area contributed by atoms with E-state index >= 15 is 0 Å². The second-order valence-corrected chi connectivity index (χ2v) is 7.67. The summed E-state index contributed by atoms with van der Waals surface area (Å²) in [6, 6.07) is 2.91. The predicted molar refractivity (Wildman–Crippen MR) is 98.3 cm³/mol. The van der Waals surface area contributed by atoms with Gasteiger partial charge in [-0.2, -0.15) is 9.59 Å². The third-order valence-electron chi connectivity index (χ3n) is 4.89. The van der Waals surface area contributed by atoms with Crippen LogP contribution >= 0.6 is 15.9 Å². The summed E-state index contributed by atoms with van der Waals surface area (Å²) in [5.74, 6) is 0.945. The number of rotatable bonds is 3. The van der Waals surface area contributed by atoms with E-state index < -0.39 is 0 Å². The maximum absolute atomic E-state index is 10.5. The number of hydrogen-bond donors (Lipinski definition) is 2. The maximum atomic E-state index is 10.5. The second-order valence-electron chi connectivity index (χ2n) is 6.81. The number of anilines is 1. The molecule has 2 heterocycles. The van der Waals surface area contributed by atoms with Crippen LogP contribution in [0.2, 0.25) is 0 Å². The van der Waals surface area contributed by atoms with Gasteiger partial charge in [-0.05, 0) is 53.7 Å². The summed E-state index contributed by atoms with van der Waals surface area (Å²) in [5, 5.41) is 14.2. The average Bonchev–Trinajstić information content (AvgIpc) is 2.58. The van der Waals surface area contributed by atoms with Crippen LogP contribution < -0.4 is 10.2 Å². The van der Waals surface area contributed by atoms with E-state index in [1.165, 1.54) is 32.1 Å². The van der Waals surface area contributed by atoms with Crippen molar-refractivity contribution < 1.29 is 14.7 Å². The molecule has 6 nitrogen and oxygen atoms in total. The Morgan fingerprint density at radius 1 is 1.28 bits per heavy atom. The Balaban J connectivity index is 0.000000701. The molecule has 138 valence electrons. The quantitative estimate of drug-likeness (QED) is 0.794. The van der Waals surface area contributed by atoms with Crippen LogP contribution in [0.1, 0.15) is 44.1 Å². The van der Waals surface area contributed by atoms with Gasteiger partial charge in [0.25, 0.3) is 0 Å². The molecule has 0 bridgehead atoms. The van der Waals surface area contributed by atoms with Crippen molar-refractivity contribution in [2.24, 2.45) is 0 Å². The third kappa shape index (κ3) is 5.89. The molecular formula is C18H26BrN3O3. The number of pyridine rings is 1. The van der Waals surface area contributed by atoms with E-state index in [1.807, 2.05) is 13.1 Å². The first-order chi connectivity index (χ1) is 12.0. The van der Waals surface area contributed by atoms with E-state index in [4.69, 9.17) is 9.59 Å². The summed E-state index contributed by atoms with van der Waals surface area (Å²) in [5.41, 5.74) is 1.14. The fraction of sp³-hybridized carbons (Fsp3) is 0.667. The number of aryl methyl sites for hydroxylation is 1. The number of halogens is 1. The number of hydrogen-bond acceptors (Lipinski definition) is 6. The van der Waals surface area contributed by atoms with Gasteiger partial charge in [0, 0.05) is 31.4 Å². The lowest BCUT2D eigenvalue weighted by molar-refractivity contribution is -0.191. The molecule has 0 spiro atoms. The molecule has 1 aliphatic heterocycles. The zero-order valence-electron chi connectivity index (χ0n) is 14.6. The van der Waals surface area contributed by atoms with E-state index in [9.17, 15) is 5.11 Å². The average molecular weight is 412 g/mol. The van der Waals surface area contributed by atoms with Gasteiger partial charge in [-0.1, -0.05) is 19.3 Å². The van der Waals surface area contributed by atoms with Crippen LogP contribution in [0.25, 0.3) is 0 Å². The van der Waals surface area contributed by atoms with Gasteiger partial charge in [0.15, 0.2) is 0 Å². The topological polar surface area (TPSA) is 82.5 Å². The first kappa shape index (κ1) is 20.0. The number of aromatic nitrogens is 1. The Bertz CT molecular complexity index is 587. The van der Waals surface area contributed by atoms with Crippen LogP contribution in [-0.4, -0.2) is 47.5 Å². The van der Waals surface area contributed by atoms with Gasteiger partial charge in [0.1, 0.15) is 5.82 Å². The molecule has 0 unspecified atom stereocenters. The lowest BCUT2D eigenvalue weighted by Gasteiger charge is -2.39. The highest BCUT2D eigenvalue weighted by Gasteiger charge is 2.30. The molecule has 2 N–H and O–H groups in total. The molecule has 0 aromatic carbocycles. The van der Waals surface area contributed by atoms with Gasteiger partial charge in [-0.15, -0.1) is 0 Å². The Labute approximate surface area is 157 Å². The number of aliphatic hydroxyl groups is 1. The Kier molecular flexibility index (Phi) is 8.03. The molecule has 2 atom stereocenters. The van der Waals surface area contributed by atoms with Crippen molar-refractivity contribution in [1.82, 2.24) is 10.3 Å². The smallest absolute Gasteiger partial charge is 0.373 e. The molecule has 2 fully saturated rings. The highest BCUT2D eigenvalue weighted by Crippen LogP contribution is 2.28. The minimum atomic E-state index is -0.328. The van der Waals surface area contributed by atoms with Crippen LogP contribution in [-0.2, 0) is 9.59 Å². The summed E-state index contributed by atoms with van der Waals surface area (Å²) in [4.78, 5) is 23.0. The lowest BCUT2D eigenvalue weighted by atomic mass is 9.93. The summed E-state index contributed by atoms with van der Waals surface area (Å²) in [6.45, 7) is 3.63. The van der Waals surface area contributed by atoms with Gasteiger partial charge in [0.2, 0.25) is 0 Å². The molecule has 0 amide bonds. The van der Waals surface area contributed by atoms with Crippen LogP contribution in [0, 0.1) is 6.92 Å². The van der Waals surface area contributed by atoms with E-state index in [1.54, 1.807) is 0 Å². The van der Waals surface area contributed by atoms with Crippen LogP contribution in [0.4, 0.5) is 5.82 Å². The molecule has 2 aliphatic rings. The highest BCUT2D eigenvalue weighted by atomic mass is 79.9. The molecular weight excluding hydrogens is 386 g/mol. The minimum Gasteiger partial charge on any atom is -0.390 e. The number of β-amino-alcohol motifs (C(OH)–C–C–N with tert-alkyl or cyclic N) is 1. The highest BCUT2D eigenvalue weighted by molar-refractivity contribution is 9.10. The summed E-state index contributed by atoms with van der Waals surface area (Å²) >= 11 is 3.60. The van der Waals surface area contributed by atoms with Gasteiger partial charge < -0.3 is 15.3 Å². The summed E-state index contributed by atoms with van der Waals surface area (Å²) < 4.78 is 1.01. The van der Waals surface area contributed by atoms with Crippen molar-refractivity contribution in [2.75, 3.05) is 18.0 Å². The molecule has 0 radical (unpaired) electrons. The normalized spacial score (nSPS) is 24.2. The van der Waals surface area contributed by atoms with Crippen molar-refractivity contribution in [3.63, 3.8) is 0 Å². The van der Waals surface area contributed by atoms with Crippen molar-refractivity contribution in [3.05, 3.63) is 22.3 Å². The maximum Gasteiger partial charge on any atom is 0.373 e. The van der Waals surface area contributed by atoms with Crippen LogP contribution in [0.15, 0.2) is 16.7 Å². The summed E-state index contributed by atoms with van der Waals surface area (Å²) in [6.07, 6.45) is 9.33. The number of nitrogens with one attached hydrogen (secondary N) is 1. The van der Waals surface area contributed by atoms with Crippen molar-refractivity contribution in [2.45, 2.75) is 63.6 Å². The third-order valence-corrected chi connectivity index (χ3v) is 5.48. The molecule has 1 saturated carbocycles. The van der Waals surface area contributed by atoms with Gasteiger partial charge in [-0.3, -0.25) is 0 Å². The zero-order chi connectivity index (χ0) is 18.2. The fourth-order valence-electron chi connectivity index (χ4n) is 3.65. The SMILES string of the molecule is Cc1cnc(N2CC[C@@H](NC3CCCCC3)[C@H](O)C2)c(Br)c1.O=C=O. The molecule has 1 aliphatic carbocycles. The van der Waals surface area contributed by atoms with Crippen LogP contribution in [0.5, 0.6) is 0 Å².